The lowest BCUT2D eigenvalue weighted by molar-refractivity contribution is -0.124. The molecular weight excluding hydrogens is 272 g/mol. The number of carbonyl (C=O) groups is 1. The highest BCUT2D eigenvalue weighted by Crippen LogP contribution is 2.62. The number of aliphatic hydroxyl groups excluding tert-OH is 1. The van der Waals surface area contributed by atoms with Gasteiger partial charge in [-0.2, -0.15) is 0 Å². The van der Waals surface area contributed by atoms with Crippen LogP contribution in [0.25, 0.3) is 0 Å². The lowest BCUT2D eigenvalue weighted by Gasteiger charge is -2.57. The summed E-state index contributed by atoms with van der Waals surface area (Å²) in [6, 6.07) is 0. The minimum atomic E-state index is -0.489. The van der Waals surface area contributed by atoms with E-state index in [1.165, 1.54) is 12.8 Å². The SMILES string of the molecule is C=CC1(C)CC2=C(C(O)C1)C1(C)CCCC(C)(C)C1CC2=O. The Balaban J connectivity index is 2.13. The molecule has 0 aromatic heterocycles. The van der Waals surface area contributed by atoms with Crippen molar-refractivity contribution in [3.8, 4) is 0 Å². The maximum absolute atomic E-state index is 12.9. The maximum Gasteiger partial charge on any atom is 0.159 e. The Morgan fingerprint density at radius 3 is 2.55 bits per heavy atom. The van der Waals surface area contributed by atoms with Crippen LogP contribution in [0.1, 0.15) is 66.2 Å². The Bertz CT molecular complexity index is 556. The summed E-state index contributed by atoms with van der Waals surface area (Å²) in [5, 5.41) is 10.9. The van der Waals surface area contributed by atoms with Gasteiger partial charge in [-0.05, 0) is 59.0 Å². The number of Topliss-reactive ketones (excluding diaryl/α,β-unsaturated/α-hetero) is 1. The first kappa shape index (κ1) is 16.0. The summed E-state index contributed by atoms with van der Waals surface area (Å²) in [6.45, 7) is 13.0. The van der Waals surface area contributed by atoms with Crippen LogP contribution >= 0.6 is 0 Å². The van der Waals surface area contributed by atoms with E-state index in [2.05, 4.69) is 34.3 Å². The van der Waals surface area contributed by atoms with Crippen LogP contribution in [0.3, 0.4) is 0 Å². The van der Waals surface area contributed by atoms with Crippen molar-refractivity contribution in [2.24, 2.45) is 22.2 Å². The van der Waals surface area contributed by atoms with Crippen molar-refractivity contribution < 1.29 is 9.90 Å². The van der Waals surface area contributed by atoms with E-state index in [0.717, 1.165) is 24.0 Å². The Kier molecular flexibility index (Phi) is 3.49. The topological polar surface area (TPSA) is 37.3 Å². The van der Waals surface area contributed by atoms with Crippen molar-refractivity contribution >= 4 is 5.78 Å². The standard InChI is InChI=1S/C20H30O2/c1-6-19(4)11-13-14(21)10-16-18(2,3)8-7-9-20(16,5)17(13)15(22)12-19/h6,15-16,22H,1,7-12H2,2-5H3. The van der Waals surface area contributed by atoms with Crippen molar-refractivity contribution in [1.29, 1.82) is 0 Å². The molecule has 22 heavy (non-hydrogen) atoms. The molecule has 0 bridgehead atoms. The first-order valence-corrected chi connectivity index (χ1v) is 8.71. The number of ketones is 1. The summed E-state index contributed by atoms with van der Waals surface area (Å²) in [4.78, 5) is 12.9. The number of aliphatic hydroxyl groups is 1. The molecule has 2 nitrogen and oxygen atoms in total. The minimum Gasteiger partial charge on any atom is -0.389 e. The van der Waals surface area contributed by atoms with Gasteiger partial charge < -0.3 is 5.11 Å². The third-order valence-electron chi connectivity index (χ3n) is 6.96. The summed E-state index contributed by atoms with van der Waals surface area (Å²) in [7, 11) is 0. The highest BCUT2D eigenvalue weighted by atomic mass is 16.3. The first-order valence-electron chi connectivity index (χ1n) is 8.71. The molecule has 0 spiro atoms. The summed E-state index contributed by atoms with van der Waals surface area (Å²) in [5.41, 5.74) is 2.03. The fourth-order valence-electron chi connectivity index (χ4n) is 5.70. The van der Waals surface area contributed by atoms with Crippen LogP contribution in [0.15, 0.2) is 23.8 Å². The van der Waals surface area contributed by atoms with E-state index in [4.69, 9.17) is 0 Å². The molecule has 0 aromatic rings. The van der Waals surface area contributed by atoms with Crippen LogP contribution in [-0.2, 0) is 4.79 Å². The summed E-state index contributed by atoms with van der Waals surface area (Å²) < 4.78 is 0. The number of hydrogen-bond donors (Lipinski definition) is 1. The molecule has 0 aromatic carbocycles. The van der Waals surface area contributed by atoms with E-state index in [0.29, 0.717) is 18.8 Å². The Hall–Kier alpha value is -0.890. The van der Waals surface area contributed by atoms with Crippen LogP contribution < -0.4 is 0 Å². The smallest absolute Gasteiger partial charge is 0.159 e. The van der Waals surface area contributed by atoms with Crippen LogP contribution in [-0.4, -0.2) is 17.0 Å². The molecule has 3 rings (SSSR count). The van der Waals surface area contributed by atoms with Crippen molar-refractivity contribution in [2.45, 2.75) is 72.3 Å². The maximum atomic E-state index is 12.9. The van der Waals surface area contributed by atoms with Gasteiger partial charge in [0.2, 0.25) is 0 Å². The molecule has 4 unspecified atom stereocenters. The minimum absolute atomic E-state index is 0.00703. The Labute approximate surface area is 134 Å². The van der Waals surface area contributed by atoms with Gasteiger partial charge in [0, 0.05) is 6.42 Å². The predicted molar refractivity (Wildman–Crippen MR) is 89.4 cm³/mol. The third kappa shape index (κ3) is 2.14. The van der Waals surface area contributed by atoms with Gasteiger partial charge in [0.05, 0.1) is 6.10 Å². The zero-order chi connectivity index (χ0) is 16.3. The largest absolute Gasteiger partial charge is 0.389 e. The number of fused-ring (bicyclic) bond motifs is 2. The molecule has 0 radical (unpaired) electrons. The molecular formula is C20H30O2. The average Bonchev–Trinajstić information content (AvgIpc) is 2.40. The highest BCUT2D eigenvalue weighted by molar-refractivity contribution is 5.98. The van der Waals surface area contributed by atoms with Crippen molar-refractivity contribution in [3.63, 3.8) is 0 Å². The number of carbonyl (C=O) groups excluding carboxylic acids is 1. The van der Waals surface area contributed by atoms with Gasteiger partial charge in [0.25, 0.3) is 0 Å². The highest BCUT2D eigenvalue weighted by Gasteiger charge is 2.56. The van der Waals surface area contributed by atoms with Gasteiger partial charge in [-0.1, -0.05) is 40.2 Å². The van der Waals surface area contributed by atoms with Gasteiger partial charge in [-0.15, -0.1) is 6.58 Å². The van der Waals surface area contributed by atoms with Gasteiger partial charge in [0.15, 0.2) is 5.78 Å². The zero-order valence-corrected chi connectivity index (χ0v) is 14.5. The lowest BCUT2D eigenvalue weighted by atomic mass is 9.47. The number of hydrogen-bond acceptors (Lipinski definition) is 2. The first-order chi connectivity index (χ1) is 10.1. The van der Waals surface area contributed by atoms with E-state index in [1.54, 1.807) is 0 Å². The summed E-state index contributed by atoms with van der Waals surface area (Å²) >= 11 is 0. The second-order valence-electron chi connectivity index (χ2n) is 9.09. The second-order valence-corrected chi connectivity index (χ2v) is 9.09. The van der Waals surface area contributed by atoms with E-state index < -0.39 is 6.10 Å². The predicted octanol–water partition coefficient (Wildman–Crippen LogP) is 4.44. The van der Waals surface area contributed by atoms with E-state index in [9.17, 15) is 9.90 Å². The van der Waals surface area contributed by atoms with Gasteiger partial charge in [-0.3, -0.25) is 4.79 Å². The normalized spacial score (nSPS) is 44.3. The molecule has 0 saturated heterocycles. The number of allylic oxidation sites excluding steroid dienone is 2. The van der Waals surface area contributed by atoms with E-state index in [-0.39, 0.29) is 22.0 Å². The molecule has 3 aliphatic rings. The average molecular weight is 302 g/mol. The molecule has 3 aliphatic carbocycles. The summed E-state index contributed by atoms with van der Waals surface area (Å²) in [6.07, 6.45) is 7.03. The second kappa shape index (κ2) is 4.80. The summed E-state index contributed by atoms with van der Waals surface area (Å²) in [5.74, 6) is 0.641. The fraction of sp³-hybridized carbons (Fsp3) is 0.750. The van der Waals surface area contributed by atoms with E-state index in [1.807, 2.05) is 6.08 Å². The van der Waals surface area contributed by atoms with Gasteiger partial charge in [-0.25, -0.2) is 0 Å². The molecule has 1 fully saturated rings. The monoisotopic (exact) mass is 302 g/mol. The Morgan fingerprint density at radius 2 is 1.91 bits per heavy atom. The molecule has 0 heterocycles. The van der Waals surface area contributed by atoms with Gasteiger partial charge in [0.1, 0.15) is 0 Å². The van der Waals surface area contributed by atoms with Crippen molar-refractivity contribution in [2.75, 3.05) is 0 Å². The molecule has 4 atom stereocenters. The lowest BCUT2D eigenvalue weighted by Crippen LogP contribution is -2.52. The molecule has 122 valence electrons. The quantitative estimate of drug-likeness (QED) is 0.727. The number of rotatable bonds is 1. The van der Waals surface area contributed by atoms with Gasteiger partial charge >= 0.3 is 0 Å². The third-order valence-corrected chi connectivity index (χ3v) is 6.96. The van der Waals surface area contributed by atoms with E-state index >= 15 is 0 Å². The molecule has 0 amide bonds. The zero-order valence-electron chi connectivity index (χ0n) is 14.5. The van der Waals surface area contributed by atoms with Crippen LogP contribution in [0.5, 0.6) is 0 Å². The van der Waals surface area contributed by atoms with Crippen LogP contribution in [0.2, 0.25) is 0 Å². The Morgan fingerprint density at radius 1 is 1.23 bits per heavy atom. The fourth-order valence-corrected chi connectivity index (χ4v) is 5.70. The molecule has 1 N–H and O–H groups in total. The van der Waals surface area contributed by atoms with Crippen molar-refractivity contribution in [3.05, 3.63) is 23.8 Å². The van der Waals surface area contributed by atoms with Crippen molar-refractivity contribution in [1.82, 2.24) is 0 Å². The molecule has 1 saturated carbocycles. The molecule has 0 aliphatic heterocycles. The van der Waals surface area contributed by atoms with Crippen LogP contribution in [0.4, 0.5) is 0 Å². The molecule has 2 heteroatoms. The van der Waals surface area contributed by atoms with Crippen LogP contribution in [0, 0.1) is 22.2 Å².